The molecular weight excluding hydrogens is 438 g/mol. The zero-order valence-corrected chi connectivity index (χ0v) is 19.1. The number of halogens is 1. The second-order valence-corrected chi connectivity index (χ2v) is 7.76. The van der Waals surface area contributed by atoms with E-state index in [2.05, 4.69) is 5.32 Å². The van der Waals surface area contributed by atoms with Crippen LogP contribution in [-0.4, -0.2) is 55.7 Å². The Hall–Kier alpha value is -2.84. The molecule has 1 aliphatic heterocycles. The number of nitrogens with zero attached hydrogens (tertiary/aromatic N) is 2. The molecule has 1 aliphatic rings. The van der Waals surface area contributed by atoms with Crippen LogP contribution in [0.5, 0.6) is 11.5 Å². The summed E-state index contributed by atoms with van der Waals surface area (Å²) in [7, 11) is 4.71. The predicted octanol–water partition coefficient (Wildman–Crippen LogP) is 3.04. The lowest BCUT2D eigenvalue weighted by atomic mass is 10.1. The van der Waals surface area contributed by atoms with E-state index in [9.17, 15) is 9.59 Å². The van der Waals surface area contributed by atoms with Crippen LogP contribution in [0.25, 0.3) is 0 Å². The van der Waals surface area contributed by atoms with Gasteiger partial charge in [-0.1, -0.05) is 17.7 Å². The minimum absolute atomic E-state index is 0.0193. The normalized spacial score (nSPS) is 15.9. The highest BCUT2D eigenvalue weighted by molar-refractivity contribution is 7.80. The van der Waals surface area contributed by atoms with Crippen LogP contribution in [0.15, 0.2) is 42.5 Å². The van der Waals surface area contributed by atoms with E-state index in [1.54, 1.807) is 50.4 Å². The van der Waals surface area contributed by atoms with Gasteiger partial charge in [0, 0.05) is 18.6 Å². The molecule has 0 aliphatic carbocycles. The molecule has 9 heteroatoms. The third-order valence-corrected chi connectivity index (χ3v) is 5.82. The van der Waals surface area contributed by atoms with Gasteiger partial charge < -0.3 is 19.7 Å². The molecule has 1 heterocycles. The van der Waals surface area contributed by atoms with Crippen molar-refractivity contribution in [2.75, 3.05) is 32.7 Å². The highest BCUT2D eigenvalue weighted by Crippen LogP contribution is 2.30. The van der Waals surface area contributed by atoms with Crippen LogP contribution in [0.2, 0.25) is 5.02 Å². The number of amides is 2. The minimum atomic E-state index is -0.678. The van der Waals surface area contributed by atoms with Gasteiger partial charge in [-0.2, -0.15) is 0 Å². The summed E-state index contributed by atoms with van der Waals surface area (Å²) in [4.78, 5) is 28.6. The molecule has 1 atom stereocenters. The number of hydrogen-bond donors (Lipinski definition) is 1. The number of rotatable bonds is 8. The molecule has 0 aromatic heterocycles. The summed E-state index contributed by atoms with van der Waals surface area (Å²) in [5.74, 6) is 0.813. The molecule has 0 saturated carbocycles. The number of hydrogen-bond acceptors (Lipinski definition) is 5. The van der Waals surface area contributed by atoms with Crippen molar-refractivity contribution in [1.29, 1.82) is 0 Å². The van der Waals surface area contributed by atoms with Gasteiger partial charge in [0.1, 0.15) is 6.04 Å². The zero-order chi connectivity index (χ0) is 22.5. The molecule has 0 unspecified atom stereocenters. The summed E-state index contributed by atoms with van der Waals surface area (Å²) < 4.78 is 10.7. The van der Waals surface area contributed by atoms with Crippen molar-refractivity contribution in [3.8, 4) is 11.5 Å². The average molecular weight is 462 g/mol. The SMILES string of the molecule is CNC(=O)C[C@@H]1C(=O)N(c2ccc(Cl)cc2)C(=S)N1CCc1ccc(OC)c(OC)c1. The summed E-state index contributed by atoms with van der Waals surface area (Å²) in [6, 6.07) is 11.9. The monoisotopic (exact) mass is 461 g/mol. The Morgan fingerprint density at radius 2 is 1.81 bits per heavy atom. The number of carbonyl (C=O) groups excluding carboxylic acids is 2. The maximum atomic E-state index is 13.2. The van der Waals surface area contributed by atoms with Crippen LogP contribution < -0.4 is 19.7 Å². The van der Waals surface area contributed by atoms with Gasteiger partial charge in [-0.25, -0.2) is 0 Å². The van der Waals surface area contributed by atoms with Gasteiger partial charge in [-0.3, -0.25) is 14.5 Å². The van der Waals surface area contributed by atoms with Crippen LogP contribution in [0, 0.1) is 0 Å². The van der Waals surface area contributed by atoms with E-state index < -0.39 is 6.04 Å². The van der Waals surface area contributed by atoms with Gasteiger partial charge in [0.05, 0.1) is 26.3 Å². The lowest BCUT2D eigenvalue weighted by Crippen LogP contribution is -2.39. The first-order valence-corrected chi connectivity index (χ1v) is 10.5. The fourth-order valence-corrected chi connectivity index (χ4v) is 4.02. The first-order valence-electron chi connectivity index (χ1n) is 9.71. The largest absolute Gasteiger partial charge is 0.493 e. The molecule has 1 saturated heterocycles. The first kappa shape index (κ1) is 22.8. The number of carbonyl (C=O) groups is 2. The van der Waals surface area contributed by atoms with E-state index in [-0.39, 0.29) is 18.2 Å². The van der Waals surface area contributed by atoms with Crippen molar-refractivity contribution in [2.45, 2.75) is 18.9 Å². The summed E-state index contributed by atoms with van der Waals surface area (Å²) in [5.41, 5.74) is 1.62. The zero-order valence-electron chi connectivity index (χ0n) is 17.6. The highest BCUT2D eigenvalue weighted by Gasteiger charge is 2.43. The smallest absolute Gasteiger partial charge is 0.256 e. The maximum Gasteiger partial charge on any atom is 0.256 e. The van der Waals surface area contributed by atoms with Crippen molar-refractivity contribution in [2.24, 2.45) is 0 Å². The van der Waals surface area contributed by atoms with E-state index in [1.807, 2.05) is 18.2 Å². The molecule has 1 N–H and O–H groups in total. The molecule has 164 valence electrons. The second-order valence-electron chi connectivity index (χ2n) is 6.96. The van der Waals surface area contributed by atoms with Crippen LogP contribution in [-0.2, 0) is 16.0 Å². The molecule has 0 spiro atoms. The Bertz CT molecular complexity index is 983. The number of methoxy groups -OCH3 is 2. The standard InChI is InChI=1S/C22H24ClN3O4S/c1-24-20(27)13-17-21(28)26(16-7-5-15(23)6-8-16)22(31)25(17)11-10-14-4-9-18(29-2)19(12-14)30-3/h4-9,12,17H,10-11,13H2,1-3H3,(H,24,27)/t17-/m1/s1. The third-order valence-electron chi connectivity index (χ3n) is 5.15. The second kappa shape index (κ2) is 9.98. The van der Waals surface area contributed by atoms with Crippen LogP contribution in [0.4, 0.5) is 5.69 Å². The van der Waals surface area contributed by atoms with E-state index in [0.717, 1.165) is 5.56 Å². The fourth-order valence-electron chi connectivity index (χ4n) is 3.48. The van der Waals surface area contributed by atoms with Gasteiger partial charge in [-0.15, -0.1) is 0 Å². The fraction of sp³-hybridized carbons (Fsp3) is 0.318. The summed E-state index contributed by atoms with van der Waals surface area (Å²) in [6.07, 6.45) is 0.623. The van der Waals surface area contributed by atoms with Crippen LogP contribution >= 0.6 is 23.8 Å². The van der Waals surface area contributed by atoms with Crippen molar-refractivity contribution < 1.29 is 19.1 Å². The van der Waals surface area contributed by atoms with E-state index in [1.165, 1.54) is 4.90 Å². The lowest BCUT2D eigenvalue weighted by molar-refractivity contribution is -0.126. The minimum Gasteiger partial charge on any atom is -0.493 e. The predicted molar refractivity (Wildman–Crippen MR) is 124 cm³/mol. The van der Waals surface area contributed by atoms with Crippen LogP contribution in [0.1, 0.15) is 12.0 Å². The number of ether oxygens (including phenoxy) is 2. The van der Waals surface area contributed by atoms with Gasteiger partial charge in [-0.05, 0) is 60.6 Å². The summed E-state index contributed by atoms with van der Waals surface area (Å²) in [5, 5.41) is 3.51. The van der Waals surface area contributed by atoms with E-state index in [4.69, 9.17) is 33.3 Å². The first-order chi connectivity index (χ1) is 14.9. The number of anilines is 1. The topological polar surface area (TPSA) is 71.1 Å². The molecule has 1 fully saturated rings. The maximum absolute atomic E-state index is 13.2. The Labute approximate surface area is 191 Å². The van der Waals surface area contributed by atoms with Crippen molar-refractivity contribution >= 4 is 46.4 Å². The molecule has 2 aromatic carbocycles. The van der Waals surface area contributed by atoms with Gasteiger partial charge in [0.15, 0.2) is 16.6 Å². The quantitative estimate of drug-likeness (QED) is 0.609. The Morgan fingerprint density at radius 1 is 1.13 bits per heavy atom. The lowest BCUT2D eigenvalue weighted by Gasteiger charge is -2.24. The molecular formula is C22H24ClN3O4S. The van der Waals surface area contributed by atoms with Crippen molar-refractivity contribution in [3.05, 3.63) is 53.1 Å². The third kappa shape index (κ3) is 4.91. The van der Waals surface area contributed by atoms with Crippen molar-refractivity contribution in [3.63, 3.8) is 0 Å². The van der Waals surface area contributed by atoms with Gasteiger partial charge in [0.2, 0.25) is 5.91 Å². The number of benzene rings is 2. The number of nitrogens with one attached hydrogen (secondary N) is 1. The molecule has 3 rings (SSSR count). The molecule has 31 heavy (non-hydrogen) atoms. The molecule has 0 radical (unpaired) electrons. The van der Waals surface area contributed by atoms with Gasteiger partial charge in [0.25, 0.3) is 5.91 Å². The number of thiocarbonyl (C=S) groups is 1. The van der Waals surface area contributed by atoms with Crippen LogP contribution in [0.3, 0.4) is 0 Å². The van der Waals surface area contributed by atoms with E-state index in [0.29, 0.717) is 40.3 Å². The Morgan fingerprint density at radius 3 is 2.42 bits per heavy atom. The highest BCUT2D eigenvalue weighted by atomic mass is 35.5. The molecule has 7 nitrogen and oxygen atoms in total. The molecule has 0 bridgehead atoms. The summed E-state index contributed by atoms with van der Waals surface area (Å²) >= 11 is 11.6. The summed E-state index contributed by atoms with van der Waals surface area (Å²) in [6.45, 7) is 0.464. The molecule has 2 amide bonds. The molecule has 2 aromatic rings. The van der Waals surface area contributed by atoms with Gasteiger partial charge >= 0.3 is 0 Å². The average Bonchev–Trinajstić information content (AvgIpc) is 3.01. The van der Waals surface area contributed by atoms with E-state index >= 15 is 0 Å². The Balaban J connectivity index is 1.85. The Kier molecular flexibility index (Phi) is 7.35. The van der Waals surface area contributed by atoms with Crippen molar-refractivity contribution in [1.82, 2.24) is 10.2 Å².